The highest BCUT2D eigenvalue weighted by atomic mass is 35.5. The van der Waals surface area contributed by atoms with Crippen LogP contribution in [-0.4, -0.2) is 21.8 Å². The first-order valence-corrected chi connectivity index (χ1v) is 6.59. The summed E-state index contributed by atoms with van der Waals surface area (Å²) in [5, 5.41) is -0.0880. The van der Waals surface area contributed by atoms with E-state index in [-0.39, 0.29) is 11.7 Å². The number of hydrogen-bond donors (Lipinski definition) is 1. The number of hydrazine groups is 1. The van der Waals surface area contributed by atoms with Crippen molar-refractivity contribution in [3.63, 3.8) is 0 Å². The first kappa shape index (κ1) is 16.3. The van der Waals surface area contributed by atoms with Gasteiger partial charge < -0.3 is 0 Å². The van der Waals surface area contributed by atoms with Crippen LogP contribution in [0.1, 0.15) is 19.4 Å². The van der Waals surface area contributed by atoms with Crippen molar-refractivity contribution >= 4 is 29.2 Å². The van der Waals surface area contributed by atoms with E-state index in [9.17, 15) is 22.8 Å². The van der Waals surface area contributed by atoms with Crippen molar-refractivity contribution in [3.8, 4) is 0 Å². The van der Waals surface area contributed by atoms with Gasteiger partial charge in [0.05, 0.1) is 5.56 Å². The van der Waals surface area contributed by atoms with Gasteiger partial charge in [0.25, 0.3) is 11.8 Å². The number of hydrogen-bond acceptors (Lipinski definition) is 4. The number of nitrogens with one attached hydrogen (secondary N) is 1. The molecule has 22 heavy (non-hydrogen) atoms. The van der Waals surface area contributed by atoms with Crippen LogP contribution in [-0.2, 0) is 15.8 Å². The van der Waals surface area contributed by atoms with Gasteiger partial charge >= 0.3 is 6.18 Å². The maximum Gasteiger partial charge on any atom is 0.419 e. The SMILES string of the molecule is CC(C)C1=CC(=O)N(Nc2ccc(C(F)(F)F)c(Cl)n2)C1=O. The fourth-order valence-corrected chi connectivity index (χ4v) is 2.09. The van der Waals surface area contributed by atoms with Gasteiger partial charge in [-0.05, 0) is 18.1 Å². The first-order valence-electron chi connectivity index (χ1n) is 6.21. The van der Waals surface area contributed by atoms with Crippen LogP contribution < -0.4 is 5.43 Å². The summed E-state index contributed by atoms with van der Waals surface area (Å²) < 4.78 is 37.7. The number of aromatic nitrogens is 1. The largest absolute Gasteiger partial charge is 0.419 e. The van der Waals surface area contributed by atoms with Gasteiger partial charge in [-0.3, -0.25) is 15.0 Å². The summed E-state index contributed by atoms with van der Waals surface area (Å²) in [6.07, 6.45) is -3.46. The van der Waals surface area contributed by atoms with E-state index >= 15 is 0 Å². The molecule has 0 spiro atoms. The summed E-state index contributed by atoms with van der Waals surface area (Å²) in [6.45, 7) is 3.49. The molecule has 0 unspecified atom stereocenters. The van der Waals surface area contributed by atoms with E-state index in [2.05, 4.69) is 10.4 Å². The van der Waals surface area contributed by atoms with Crippen molar-refractivity contribution in [2.45, 2.75) is 20.0 Å². The van der Waals surface area contributed by atoms with Gasteiger partial charge in [0.1, 0.15) is 11.0 Å². The molecule has 5 nitrogen and oxygen atoms in total. The molecule has 0 saturated heterocycles. The standard InChI is InChI=1S/C13H11ClF3N3O2/c1-6(2)7-5-10(21)20(12(7)22)19-9-4-3-8(11(14)18-9)13(15,16)17/h3-6H,1-2H3,(H,18,19). The molecule has 2 rings (SSSR count). The summed E-state index contributed by atoms with van der Waals surface area (Å²) in [5.41, 5.74) is 1.57. The zero-order chi connectivity index (χ0) is 16.7. The lowest BCUT2D eigenvalue weighted by molar-refractivity contribution is -0.138. The third-order valence-electron chi connectivity index (χ3n) is 2.95. The van der Waals surface area contributed by atoms with E-state index in [1.54, 1.807) is 13.8 Å². The number of nitrogens with zero attached hydrogens (tertiary/aromatic N) is 2. The number of carbonyl (C=O) groups excluding carboxylic acids is 2. The number of amides is 2. The Morgan fingerprint density at radius 2 is 1.91 bits per heavy atom. The molecule has 9 heteroatoms. The highest BCUT2D eigenvalue weighted by molar-refractivity contribution is 6.30. The number of anilines is 1. The van der Waals surface area contributed by atoms with Crippen LogP contribution in [0.2, 0.25) is 5.15 Å². The molecule has 0 fully saturated rings. The summed E-state index contributed by atoms with van der Waals surface area (Å²) in [4.78, 5) is 27.3. The molecule has 2 amide bonds. The molecule has 0 bridgehead atoms. The minimum absolute atomic E-state index is 0.141. The normalized spacial score (nSPS) is 15.6. The third-order valence-corrected chi connectivity index (χ3v) is 3.24. The fourth-order valence-electron chi connectivity index (χ4n) is 1.83. The number of halogens is 4. The molecule has 0 saturated carbocycles. The van der Waals surface area contributed by atoms with Gasteiger partial charge in [-0.2, -0.15) is 18.2 Å². The average molecular weight is 334 g/mol. The smallest absolute Gasteiger partial charge is 0.271 e. The molecule has 0 atom stereocenters. The van der Waals surface area contributed by atoms with E-state index in [0.29, 0.717) is 10.6 Å². The van der Waals surface area contributed by atoms with Crippen molar-refractivity contribution in [2.75, 3.05) is 5.43 Å². The van der Waals surface area contributed by atoms with Crippen LogP contribution in [0.25, 0.3) is 0 Å². The molecule has 0 aliphatic carbocycles. The van der Waals surface area contributed by atoms with Gasteiger partial charge in [0.15, 0.2) is 0 Å². The molecule has 0 radical (unpaired) electrons. The summed E-state index contributed by atoms with van der Waals surface area (Å²) >= 11 is 5.48. The minimum Gasteiger partial charge on any atom is -0.271 e. The maximum atomic E-state index is 12.6. The lowest BCUT2D eigenvalue weighted by Gasteiger charge is -2.18. The van der Waals surface area contributed by atoms with Gasteiger partial charge in [0, 0.05) is 11.6 Å². The van der Waals surface area contributed by atoms with Crippen LogP contribution >= 0.6 is 11.6 Å². The van der Waals surface area contributed by atoms with Gasteiger partial charge in [0.2, 0.25) is 0 Å². The number of pyridine rings is 1. The molecule has 1 N–H and O–H groups in total. The van der Waals surface area contributed by atoms with E-state index < -0.39 is 28.7 Å². The van der Waals surface area contributed by atoms with Crippen LogP contribution in [0.5, 0.6) is 0 Å². The van der Waals surface area contributed by atoms with Crippen molar-refractivity contribution < 1.29 is 22.8 Å². The predicted molar refractivity (Wildman–Crippen MR) is 72.6 cm³/mol. The lowest BCUT2D eigenvalue weighted by atomic mass is 10.0. The Bertz CT molecular complexity index is 671. The van der Waals surface area contributed by atoms with Crippen LogP contribution in [0.4, 0.5) is 19.0 Å². The lowest BCUT2D eigenvalue weighted by Crippen LogP contribution is -2.37. The molecule has 1 aromatic heterocycles. The Kier molecular flexibility index (Phi) is 4.15. The molecular weight excluding hydrogens is 323 g/mol. The third kappa shape index (κ3) is 3.06. The minimum atomic E-state index is -4.63. The molecule has 1 aromatic rings. The summed E-state index contributed by atoms with van der Waals surface area (Å²) in [7, 11) is 0. The van der Waals surface area contributed by atoms with Crippen LogP contribution in [0, 0.1) is 5.92 Å². The molecule has 0 aromatic carbocycles. The quantitative estimate of drug-likeness (QED) is 0.682. The molecular formula is C13H11ClF3N3O2. The maximum absolute atomic E-state index is 12.6. The second kappa shape index (κ2) is 5.60. The zero-order valence-electron chi connectivity index (χ0n) is 11.5. The number of carbonyl (C=O) groups is 2. The molecule has 118 valence electrons. The van der Waals surface area contributed by atoms with Crippen LogP contribution in [0.15, 0.2) is 23.8 Å². The first-order chi connectivity index (χ1) is 10.1. The Hall–Kier alpha value is -2.09. The Balaban J connectivity index is 2.21. The molecule has 2 heterocycles. The number of imide groups is 1. The Labute approximate surface area is 128 Å². The van der Waals surface area contributed by atoms with Crippen LogP contribution in [0.3, 0.4) is 0 Å². The Morgan fingerprint density at radius 1 is 1.27 bits per heavy atom. The van der Waals surface area contributed by atoms with Crippen molar-refractivity contribution in [2.24, 2.45) is 5.92 Å². The molecule has 1 aliphatic heterocycles. The molecule has 1 aliphatic rings. The summed E-state index contributed by atoms with van der Waals surface area (Å²) in [5.74, 6) is -1.49. The average Bonchev–Trinajstić information content (AvgIpc) is 2.65. The highest BCUT2D eigenvalue weighted by Gasteiger charge is 2.35. The highest BCUT2D eigenvalue weighted by Crippen LogP contribution is 2.34. The topological polar surface area (TPSA) is 62.3 Å². The predicted octanol–water partition coefficient (Wildman–Crippen LogP) is 3.03. The van der Waals surface area contributed by atoms with E-state index in [0.717, 1.165) is 12.1 Å². The van der Waals surface area contributed by atoms with E-state index in [1.165, 1.54) is 6.08 Å². The van der Waals surface area contributed by atoms with Gasteiger partial charge in [-0.25, -0.2) is 4.98 Å². The zero-order valence-corrected chi connectivity index (χ0v) is 12.3. The van der Waals surface area contributed by atoms with Crippen molar-refractivity contribution in [3.05, 3.63) is 34.5 Å². The number of rotatable bonds is 3. The van der Waals surface area contributed by atoms with Gasteiger partial charge in [-0.15, -0.1) is 0 Å². The van der Waals surface area contributed by atoms with E-state index in [1.807, 2.05) is 0 Å². The number of alkyl halides is 3. The Morgan fingerprint density at radius 3 is 2.36 bits per heavy atom. The second-order valence-electron chi connectivity index (χ2n) is 4.88. The monoisotopic (exact) mass is 333 g/mol. The van der Waals surface area contributed by atoms with Gasteiger partial charge in [-0.1, -0.05) is 25.4 Å². The second-order valence-corrected chi connectivity index (χ2v) is 5.24. The van der Waals surface area contributed by atoms with Crippen molar-refractivity contribution in [1.82, 2.24) is 9.99 Å². The fraction of sp³-hybridized carbons (Fsp3) is 0.308. The van der Waals surface area contributed by atoms with Crippen molar-refractivity contribution in [1.29, 1.82) is 0 Å². The van der Waals surface area contributed by atoms with E-state index in [4.69, 9.17) is 11.6 Å². The summed E-state index contributed by atoms with van der Waals surface area (Å²) in [6, 6.07) is 1.71.